The van der Waals surface area contributed by atoms with E-state index in [0.29, 0.717) is 11.4 Å². The number of pyridine rings is 1. The zero-order chi connectivity index (χ0) is 10.5. The molecule has 1 aromatic carbocycles. The van der Waals surface area contributed by atoms with Gasteiger partial charge in [-0.2, -0.15) is 0 Å². The quantitative estimate of drug-likeness (QED) is 0.457. The van der Waals surface area contributed by atoms with Crippen LogP contribution in [-0.2, 0) is 0 Å². The Hall–Kier alpha value is -2.16. The largest absolute Gasteiger partial charge is 0.410 e. The Labute approximate surface area is 87.7 Å². The SMILES string of the molecule is O/N=C(/c1ccccc1)c1ccccn1. The molecule has 3 nitrogen and oxygen atoms in total. The number of rotatable bonds is 2. The third-order valence-electron chi connectivity index (χ3n) is 2.05. The van der Waals surface area contributed by atoms with E-state index in [2.05, 4.69) is 10.1 Å². The molecule has 0 fully saturated rings. The fourth-order valence-electron chi connectivity index (χ4n) is 1.36. The summed E-state index contributed by atoms with van der Waals surface area (Å²) in [6.07, 6.45) is 1.67. The average molecular weight is 198 g/mol. The minimum atomic E-state index is 0.483. The van der Waals surface area contributed by atoms with Gasteiger partial charge in [0.2, 0.25) is 0 Å². The van der Waals surface area contributed by atoms with Gasteiger partial charge in [-0.15, -0.1) is 0 Å². The van der Waals surface area contributed by atoms with Crippen molar-refractivity contribution < 1.29 is 5.21 Å². The monoisotopic (exact) mass is 198 g/mol. The fourth-order valence-corrected chi connectivity index (χ4v) is 1.36. The maximum Gasteiger partial charge on any atom is 0.135 e. The summed E-state index contributed by atoms with van der Waals surface area (Å²) in [6, 6.07) is 14.9. The third-order valence-corrected chi connectivity index (χ3v) is 2.05. The molecule has 0 atom stereocenters. The van der Waals surface area contributed by atoms with E-state index in [0.717, 1.165) is 5.56 Å². The second-order valence-corrected chi connectivity index (χ2v) is 3.03. The van der Waals surface area contributed by atoms with E-state index in [1.165, 1.54) is 0 Å². The Morgan fingerprint density at radius 3 is 2.33 bits per heavy atom. The lowest BCUT2D eigenvalue weighted by Gasteiger charge is -2.02. The highest BCUT2D eigenvalue weighted by Crippen LogP contribution is 2.07. The molecule has 2 rings (SSSR count). The standard InChI is InChI=1S/C12H10N2O/c15-14-12(10-6-2-1-3-7-10)11-8-4-5-9-13-11/h1-9,15H/b14-12-. The van der Waals surface area contributed by atoms with E-state index in [9.17, 15) is 0 Å². The molecule has 0 spiro atoms. The topological polar surface area (TPSA) is 45.5 Å². The molecule has 2 aromatic rings. The molecule has 3 heteroatoms. The number of hydrogen-bond acceptors (Lipinski definition) is 3. The van der Waals surface area contributed by atoms with Crippen molar-refractivity contribution in [2.45, 2.75) is 0 Å². The van der Waals surface area contributed by atoms with Crippen LogP contribution in [0.2, 0.25) is 0 Å². The van der Waals surface area contributed by atoms with Crippen LogP contribution in [0, 0.1) is 0 Å². The van der Waals surface area contributed by atoms with Crippen LogP contribution in [0.15, 0.2) is 59.9 Å². The molecule has 0 unspecified atom stereocenters. The molecule has 0 radical (unpaired) electrons. The van der Waals surface area contributed by atoms with Crippen molar-refractivity contribution in [2.24, 2.45) is 5.16 Å². The summed E-state index contributed by atoms with van der Waals surface area (Å²) in [7, 11) is 0. The minimum Gasteiger partial charge on any atom is -0.410 e. The van der Waals surface area contributed by atoms with Gasteiger partial charge in [-0.1, -0.05) is 41.6 Å². The minimum absolute atomic E-state index is 0.483. The van der Waals surface area contributed by atoms with Gasteiger partial charge in [0.15, 0.2) is 0 Å². The van der Waals surface area contributed by atoms with E-state index in [1.807, 2.05) is 48.5 Å². The van der Waals surface area contributed by atoms with Gasteiger partial charge in [-0.25, -0.2) is 0 Å². The number of oxime groups is 1. The van der Waals surface area contributed by atoms with Crippen molar-refractivity contribution in [2.75, 3.05) is 0 Å². The number of hydrogen-bond donors (Lipinski definition) is 1. The van der Waals surface area contributed by atoms with Crippen molar-refractivity contribution in [3.63, 3.8) is 0 Å². The first-order chi connectivity index (χ1) is 7.42. The van der Waals surface area contributed by atoms with Crippen molar-refractivity contribution >= 4 is 5.71 Å². The van der Waals surface area contributed by atoms with E-state index in [-0.39, 0.29) is 0 Å². The lowest BCUT2D eigenvalue weighted by molar-refractivity contribution is 0.319. The van der Waals surface area contributed by atoms with Crippen LogP contribution in [0.1, 0.15) is 11.3 Å². The molecule has 0 aliphatic carbocycles. The zero-order valence-corrected chi connectivity index (χ0v) is 8.04. The number of benzene rings is 1. The summed E-state index contributed by atoms with van der Waals surface area (Å²) in [6.45, 7) is 0. The van der Waals surface area contributed by atoms with E-state index >= 15 is 0 Å². The molecule has 0 saturated carbocycles. The molecule has 0 aliphatic rings. The van der Waals surface area contributed by atoms with Gasteiger partial charge < -0.3 is 5.21 Å². The first-order valence-corrected chi connectivity index (χ1v) is 4.60. The van der Waals surface area contributed by atoms with Gasteiger partial charge in [0.05, 0.1) is 5.69 Å². The lowest BCUT2D eigenvalue weighted by Crippen LogP contribution is -2.04. The molecule has 1 heterocycles. The van der Waals surface area contributed by atoms with Gasteiger partial charge in [0.25, 0.3) is 0 Å². The zero-order valence-electron chi connectivity index (χ0n) is 8.04. The average Bonchev–Trinajstić information content (AvgIpc) is 2.33. The molecule has 0 saturated heterocycles. The Morgan fingerprint density at radius 1 is 1.00 bits per heavy atom. The Balaban J connectivity index is 2.44. The molecule has 74 valence electrons. The van der Waals surface area contributed by atoms with E-state index in [4.69, 9.17) is 5.21 Å². The maximum atomic E-state index is 8.98. The fraction of sp³-hybridized carbons (Fsp3) is 0. The highest BCUT2D eigenvalue weighted by Gasteiger charge is 2.07. The molecular formula is C12H10N2O. The number of nitrogens with zero attached hydrogens (tertiary/aromatic N) is 2. The Bertz CT molecular complexity index is 410. The molecule has 0 amide bonds. The van der Waals surface area contributed by atoms with Crippen molar-refractivity contribution in [3.8, 4) is 0 Å². The van der Waals surface area contributed by atoms with E-state index in [1.54, 1.807) is 6.20 Å². The lowest BCUT2D eigenvalue weighted by atomic mass is 10.1. The van der Waals surface area contributed by atoms with Gasteiger partial charge in [-0.05, 0) is 12.1 Å². The van der Waals surface area contributed by atoms with Crippen LogP contribution in [0.5, 0.6) is 0 Å². The van der Waals surface area contributed by atoms with Gasteiger partial charge >= 0.3 is 0 Å². The Morgan fingerprint density at radius 2 is 1.73 bits per heavy atom. The van der Waals surface area contributed by atoms with Crippen molar-refractivity contribution in [1.82, 2.24) is 4.98 Å². The first kappa shape index (κ1) is 9.40. The van der Waals surface area contributed by atoms with Crippen LogP contribution in [0.3, 0.4) is 0 Å². The summed E-state index contributed by atoms with van der Waals surface area (Å²) >= 11 is 0. The van der Waals surface area contributed by atoms with E-state index < -0.39 is 0 Å². The summed E-state index contributed by atoms with van der Waals surface area (Å²) in [5, 5.41) is 12.3. The summed E-state index contributed by atoms with van der Waals surface area (Å²) < 4.78 is 0. The molecule has 1 aromatic heterocycles. The van der Waals surface area contributed by atoms with Crippen LogP contribution in [0.4, 0.5) is 0 Å². The van der Waals surface area contributed by atoms with Crippen LogP contribution >= 0.6 is 0 Å². The summed E-state index contributed by atoms with van der Waals surface area (Å²) in [5.41, 5.74) is 1.99. The predicted octanol–water partition coefficient (Wildman–Crippen LogP) is 2.31. The molecule has 0 bridgehead atoms. The van der Waals surface area contributed by atoms with Gasteiger partial charge in [0, 0.05) is 11.8 Å². The molecule has 0 aliphatic heterocycles. The van der Waals surface area contributed by atoms with Gasteiger partial charge in [-0.3, -0.25) is 4.98 Å². The second-order valence-electron chi connectivity index (χ2n) is 3.03. The second kappa shape index (κ2) is 4.37. The first-order valence-electron chi connectivity index (χ1n) is 4.60. The van der Waals surface area contributed by atoms with Gasteiger partial charge in [0.1, 0.15) is 5.71 Å². The third kappa shape index (κ3) is 2.02. The summed E-state index contributed by atoms with van der Waals surface area (Å²) in [4.78, 5) is 4.14. The predicted molar refractivity (Wildman–Crippen MR) is 58.1 cm³/mol. The van der Waals surface area contributed by atoms with Crippen molar-refractivity contribution in [1.29, 1.82) is 0 Å². The number of aromatic nitrogens is 1. The van der Waals surface area contributed by atoms with Crippen LogP contribution < -0.4 is 0 Å². The molecule has 15 heavy (non-hydrogen) atoms. The molecule has 1 N–H and O–H groups in total. The smallest absolute Gasteiger partial charge is 0.135 e. The van der Waals surface area contributed by atoms with Crippen LogP contribution in [0.25, 0.3) is 0 Å². The Kier molecular flexibility index (Phi) is 2.74. The molecular weight excluding hydrogens is 188 g/mol. The highest BCUT2D eigenvalue weighted by molar-refractivity contribution is 6.11. The summed E-state index contributed by atoms with van der Waals surface area (Å²) in [5.74, 6) is 0. The maximum absolute atomic E-state index is 8.98. The highest BCUT2D eigenvalue weighted by atomic mass is 16.4. The van der Waals surface area contributed by atoms with Crippen LogP contribution in [-0.4, -0.2) is 15.9 Å². The normalized spacial score (nSPS) is 11.3. The van der Waals surface area contributed by atoms with Crippen molar-refractivity contribution in [3.05, 3.63) is 66.0 Å².